The molecule has 2 aromatic carbocycles. The minimum absolute atomic E-state index is 0.0710. The van der Waals surface area contributed by atoms with Gasteiger partial charge >= 0.3 is 18.6 Å². The van der Waals surface area contributed by atoms with Gasteiger partial charge in [-0.2, -0.15) is 0 Å². The normalized spacial score (nSPS) is 15.5. The van der Waals surface area contributed by atoms with Crippen LogP contribution in [0.3, 0.4) is 0 Å². The molecule has 0 bridgehead atoms. The molecule has 1 saturated heterocycles. The number of alkyl halides is 3. The van der Waals surface area contributed by atoms with E-state index in [2.05, 4.69) is 9.72 Å². The highest BCUT2D eigenvalue weighted by molar-refractivity contribution is 7.93. The molecule has 0 saturated carbocycles. The van der Waals surface area contributed by atoms with Crippen molar-refractivity contribution in [2.75, 3.05) is 19.8 Å². The molecule has 0 aliphatic carbocycles. The zero-order valence-electron chi connectivity index (χ0n) is 20.4. The van der Waals surface area contributed by atoms with Gasteiger partial charge in [0.1, 0.15) is 11.5 Å². The second kappa shape index (κ2) is 11.6. The van der Waals surface area contributed by atoms with Gasteiger partial charge in [0.25, 0.3) is 5.91 Å². The van der Waals surface area contributed by atoms with Gasteiger partial charge in [0.05, 0.1) is 17.9 Å². The molecule has 1 amide bonds. The molecule has 1 fully saturated rings. The molecule has 1 aliphatic rings. The molecule has 0 atom stereocenters. The number of rotatable bonds is 10. The van der Waals surface area contributed by atoms with Crippen LogP contribution >= 0.6 is 0 Å². The molecule has 1 aliphatic heterocycles. The van der Waals surface area contributed by atoms with E-state index in [1.807, 2.05) is 0 Å². The Labute approximate surface area is 221 Å². The second-order valence-electron chi connectivity index (χ2n) is 8.57. The Bertz CT molecular complexity index is 1370. The van der Waals surface area contributed by atoms with Gasteiger partial charge in [0, 0.05) is 13.2 Å². The molecule has 0 spiro atoms. The van der Waals surface area contributed by atoms with Crippen LogP contribution in [0.2, 0.25) is 0 Å². The number of carbonyl (C=O) groups is 1. The lowest BCUT2D eigenvalue weighted by Crippen LogP contribution is -2.54. The first kappa shape index (κ1) is 28.3. The Balaban J connectivity index is 1.30. The monoisotopic (exact) mass is 572 g/mol. The van der Waals surface area contributed by atoms with E-state index in [1.165, 1.54) is 52.9 Å². The third-order valence-electron chi connectivity index (χ3n) is 6.10. The molecular formula is C24H25F3N3O8S+. The summed E-state index contributed by atoms with van der Waals surface area (Å²) in [5.74, 6) is -0.565. The van der Waals surface area contributed by atoms with Crippen molar-refractivity contribution >= 4 is 15.7 Å². The van der Waals surface area contributed by atoms with Crippen LogP contribution in [0.1, 0.15) is 25.2 Å². The number of ether oxygens (including phenoxy) is 3. The molecular weight excluding hydrogens is 547 g/mol. The minimum Gasteiger partial charge on any atom is -0.494 e. The van der Waals surface area contributed by atoms with E-state index in [1.54, 1.807) is 0 Å². The average molecular weight is 573 g/mol. The standard InChI is InChI=1S/C24H24F3N3O8S/c25-24(26,27)37-19-5-3-17(4-6-19)30-16-28-21(38-30)2-1-13-36-18-7-9-20(10-8-18)39(33,34)23(22(31)29-32)11-14-35-15-12-23/h3-10,16H,1-2,11-15H2,(H-,29,31,32)/p+1. The first-order chi connectivity index (χ1) is 18.5. The summed E-state index contributed by atoms with van der Waals surface area (Å²) >= 11 is 0. The Kier molecular flexibility index (Phi) is 8.42. The fourth-order valence-corrected chi connectivity index (χ4v) is 6.02. The highest BCUT2D eigenvalue weighted by atomic mass is 32.2. The number of nitrogens with one attached hydrogen (secondary N) is 1. The van der Waals surface area contributed by atoms with Crippen molar-refractivity contribution in [2.45, 2.75) is 41.7 Å². The van der Waals surface area contributed by atoms with E-state index in [4.69, 9.17) is 19.2 Å². The van der Waals surface area contributed by atoms with Crippen LogP contribution in [-0.2, 0) is 25.8 Å². The number of halogens is 3. The lowest BCUT2D eigenvalue weighted by atomic mass is 9.98. The van der Waals surface area contributed by atoms with Crippen molar-refractivity contribution in [3.8, 4) is 17.2 Å². The van der Waals surface area contributed by atoms with E-state index in [0.29, 0.717) is 30.2 Å². The van der Waals surface area contributed by atoms with Gasteiger partial charge in [-0.25, -0.2) is 13.9 Å². The lowest BCUT2D eigenvalue weighted by molar-refractivity contribution is -0.786. The van der Waals surface area contributed by atoms with Crippen LogP contribution in [0.5, 0.6) is 11.5 Å². The predicted molar refractivity (Wildman–Crippen MR) is 125 cm³/mol. The highest BCUT2D eigenvalue weighted by Gasteiger charge is 2.52. The maximum absolute atomic E-state index is 13.3. The predicted octanol–water partition coefficient (Wildman–Crippen LogP) is 2.69. The van der Waals surface area contributed by atoms with Gasteiger partial charge in [0.15, 0.2) is 20.3 Å². The number of amides is 1. The Hall–Kier alpha value is -3.69. The molecule has 15 heteroatoms. The molecule has 39 heavy (non-hydrogen) atoms. The van der Waals surface area contributed by atoms with E-state index >= 15 is 0 Å². The number of sulfone groups is 1. The summed E-state index contributed by atoms with van der Waals surface area (Å²) in [6, 6.07) is 10.7. The lowest BCUT2D eigenvalue weighted by Gasteiger charge is -2.34. The molecule has 2 N–H and O–H groups in total. The van der Waals surface area contributed by atoms with Crippen LogP contribution in [0.4, 0.5) is 13.2 Å². The Morgan fingerprint density at radius 3 is 2.33 bits per heavy atom. The van der Waals surface area contributed by atoms with Crippen molar-refractivity contribution < 1.29 is 55.1 Å². The zero-order chi connectivity index (χ0) is 28.1. The molecule has 3 aromatic rings. The Morgan fingerprint density at radius 2 is 1.72 bits per heavy atom. The fourth-order valence-electron chi connectivity index (χ4n) is 4.08. The molecule has 0 radical (unpaired) electrons. The first-order valence-electron chi connectivity index (χ1n) is 11.8. The zero-order valence-corrected chi connectivity index (χ0v) is 21.2. The van der Waals surface area contributed by atoms with Crippen LogP contribution in [0, 0.1) is 0 Å². The number of hydroxylamine groups is 1. The number of aromatic nitrogens is 2. The van der Waals surface area contributed by atoms with E-state index < -0.39 is 26.9 Å². The van der Waals surface area contributed by atoms with Crippen LogP contribution in [-0.4, -0.2) is 55.4 Å². The minimum atomic E-state index is -4.78. The van der Waals surface area contributed by atoms with E-state index in [-0.39, 0.29) is 43.3 Å². The van der Waals surface area contributed by atoms with Gasteiger partial charge < -0.3 is 14.2 Å². The number of hydrogen-bond acceptors (Lipinski definition) is 9. The first-order valence-corrected chi connectivity index (χ1v) is 13.3. The molecule has 4 rings (SSSR count). The quantitative estimate of drug-likeness (QED) is 0.162. The summed E-state index contributed by atoms with van der Waals surface area (Å²) < 4.78 is 83.2. The van der Waals surface area contributed by atoms with Crippen molar-refractivity contribution in [3.63, 3.8) is 0 Å². The number of carbonyl (C=O) groups excluding carboxylic acids is 1. The van der Waals surface area contributed by atoms with Crippen LogP contribution in [0.25, 0.3) is 5.69 Å². The third-order valence-corrected chi connectivity index (χ3v) is 8.62. The summed E-state index contributed by atoms with van der Waals surface area (Å²) in [5.41, 5.74) is 1.93. The Morgan fingerprint density at radius 1 is 1.08 bits per heavy atom. The number of hydrogen-bond donors (Lipinski definition) is 2. The van der Waals surface area contributed by atoms with Crippen LogP contribution < -0.4 is 19.7 Å². The van der Waals surface area contributed by atoms with Crippen LogP contribution in [0.15, 0.2) is 64.3 Å². The van der Waals surface area contributed by atoms with E-state index in [0.717, 1.165) is 12.1 Å². The van der Waals surface area contributed by atoms with Gasteiger partial charge in [0.2, 0.25) is 0 Å². The summed E-state index contributed by atoms with van der Waals surface area (Å²) in [6.07, 6.45) is -2.66. The summed E-state index contributed by atoms with van der Waals surface area (Å²) in [5, 5.41) is 9.14. The molecule has 210 valence electrons. The number of nitrogens with zero attached hydrogens (tertiary/aromatic N) is 2. The maximum Gasteiger partial charge on any atom is 0.573 e. The molecule has 2 heterocycles. The smallest absolute Gasteiger partial charge is 0.494 e. The van der Waals surface area contributed by atoms with Gasteiger partial charge in [-0.3, -0.25) is 14.5 Å². The third kappa shape index (κ3) is 6.49. The van der Waals surface area contributed by atoms with Gasteiger partial charge in [-0.05, 0) is 77.5 Å². The summed E-state index contributed by atoms with van der Waals surface area (Å²) in [7, 11) is -4.13. The van der Waals surface area contributed by atoms with Gasteiger partial charge in [-0.15, -0.1) is 13.2 Å². The second-order valence-corrected chi connectivity index (χ2v) is 10.8. The van der Waals surface area contributed by atoms with Gasteiger partial charge in [-0.1, -0.05) is 0 Å². The molecule has 1 aromatic heterocycles. The topological polar surface area (TPSA) is 141 Å². The fraction of sp³-hybridized carbons (Fsp3) is 0.375. The molecule has 0 unspecified atom stereocenters. The van der Waals surface area contributed by atoms with Crippen molar-refractivity contribution in [1.29, 1.82) is 0 Å². The summed E-state index contributed by atoms with van der Waals surface area (Å²) in [6.45, 7) is 0.398. The summed E-state index contributed by atoms with van der Waals surface area (Å²) in [4.78, 5) is 16.4. The SMILES string of the molecule is O=C(NO)C1(S(=O)(=O)c2ccc(OCCCc3nc[n+](-c4ccc(OC(F)(F)F)cc4)o3)cc2)CCOCC1. The molecule has 11 nitrogen and oxygen atoms in total. The highest BCUT2D eigenvalue weighted by Crippen LogP contribution is 2.35. The maximum atomic E-state index is 13.3. The van der Waals surface area contributed by atoms with Crippen molar-refractivity contribution in [3.05, 3.63) is 60.7 Å². The van der Waals surface area contributed by atoms with Crippen molar-refractivity contribution in [1.82, 2.24) is 10.5 Å². The van der Waals surface area contributed by atoms with E-state index in [9.17, 15) is 26.4 Å². The number of aryl methyl sites for hydroxylation is 1. The van der Waals surface area contributed by atoms with Crippen molar-refractivity contribution in [2.24, 2.45) is 0 Å². The largest absolute Gasteiger partial charge is 0.573 e. The number of benzene rings is 2. The average Bonchev–Trinajstić information content (AvgIpc) is 3.39.